The van der Waals surface area contributed by atoms with Gasteiger partial charge >= 0.3 is 12.1 Å². The number of rotatable bonds is 15. The number of carboxylic acids is 1. The maximum atomic E-state index is 13.8. The number of nitrogens with zero attached hydrogens (tertiary/aromatic N) is 1. The number of aliphatic carboxylic acids is 1. The summed E-state index contributed by atoms with van der Waals surface area (Å²) in [6.07, 6.45) is 3.05. The van der Waals surface area contributed by atoms with Crippen molar-refractivity contribution >= 4 is 30.0 Å². The normalized spacial score (nSPS) is 14.2. The summed E-state index contributed by atoms with van der Waals surface area (Å²) in [7, 11) is 0. The highest BCUT2D eigenvalue weighted by Gasteiger charge is 2.36. The molecule has 10 heteroatoms. The van der Waals surface area contributed by atoms with Gasteiger partial charge < -0.3 is 20.3 Å². The van der Waals surface area contributed by atoms with Crippen LogP contribution in [0, 0.1) is 23.7 Å². The van der Waals surface area contributed by atoms with Crippen molar-refractivity contribution in [3.8, 4) is 11.1 Å². The number of carboxylic acid groups (broad SMARTS) is 1. The van der Waals surface area contributed by atoms with Crippen molar-refractivity contribution in [2.45, 2.75) is 52.5 Å². The molecule has 3 atom stereocenters. The molecule has 4 rings (SSSR count). The fraction of sp³-hybridized carbons (Fsp3) is 0.385. The lowest BCUT2D eigenvalue weighted by molar-refractivity contribution is -0.152. The van der Waals surface area contributed by atoms with Gasteiger partial charge in [-0.05, 0) is 52.5 Å². The monoisotopic (exact) mass is 669 g/mol. The Morgan fingerprint density at radius 1 is 0.837 bits per heavy atom. The van der Waals surface area contributed by atoms with Gasteiger partial charge in [-0.1, -0.05) is 119 Å². The quantitative estimate of drug-likeness (QED) is 0.148. The summed E-state index contributed by atoms with van der Waals surface area (Å²) in [5.41, 5.74) is 7.75. The molecule has 0 aromatic heterocycles. The van der Waals surface area contributed by atoms with E-state index in [1.54, 1.807) is 6.08 Å². The van der Waals surface area contributed by atoms with E-state index in [0.29, 0.717) is 0 Å². The average Bonchev–Trinajstić information content (AvgIpc) is 3.40. The molecule has 0 saturated heterocycles. The van der Waals surface area contributed by atoms with Gasteiger partial charge in [0.1, 0.15) is 12.6 Å². The topological polar surface area (TPSA) is 145 Å². The molecule has 0 spiro atoms. The molecule has 1 aliphatic rings. The van der Waals surface area contributed by atoms with Gasteiger partial charge in [-0.2, -0.15) is 0 Å². The highest BCUT2D eigenvalue weighted by atomic mass is 16.5. The Morgan fingerprint density at radius 3 is 1.98 bits per heavy atom. The van der Waals surface area contributed by atoms with Crippen LogP contribution in [0.5, 0.6) is 0 Å². The molecular weight excluding hydrogens is 622 g/mol. The second-order valence-electron chi connectivity index (χ2n) is 13.3. The third-order valence-corrected chi connectivity index (χ3v) is 8.54. The summed E-state index contributed by atoms with van der Waals surface area (Å²) in [5, 5.41) is 23.8. The molecule has 260 valence electrons. The van der Waals surface area contributed by atoms with Gasteiger partial charge in [0.05, 0.1) is 18.4 Å². The zero-order chi connectivity index (χ0) is 35.5. The third kappa shape index (κ3) is 9.79. The molecule has 4 N–H and O–H groups in total. The minimum atomic E-state index is -1.41. The lowest BCUT2D eigenvalue weighted by Crippen LogP contribution is -2.58. The molecule has 0 aliphatic heterocycles. The Kier molecular flexibility index (Phi) is 13.1. The Balaban J connectivity index is 1.44. The number of carbonyl (C=O) groups excluding carboxylic acids is 3. The molecule has 1 aliphatic carbocycles. The van der Waals surface area contributed by atoms with E-state index in [0.717, 1.165) is 32.8 Å². The zero-order valence-corrected chi connectivity index (χ0v) is 28.5. The minimum Gasteiger partial charge on any atom is -0.481 e. The van der Waals surface area contributed by atoms with Crippen LogP contribution in [0.4, 0.5) is 4.79 Å². The van der Waals surface area contributed by atoms with Gasteiger partial charge in [0.25, 0.3) is 5.91 Å². The first-order valence-corrected chi connectivity index (χ1v) is 16.8. The van der Waals surface area contributed by atoms with Crippen LogP contribution in [0.1, 0.15) is 63.1 Å². The van der Waals surface area contributed by atoms with Crippen LogP contribution in [0.25, 0.3) is 17.2 Å². The number of benzene rings is 3. The zero-order valence-electron chi connectivity index (χ0n) is 28.5. The van der Waals surface area contributed by atoms with E-state index in [1.807, 2.05) is 113 Å². The summed E-state index contributed by atoms with van der Waals surface area (Å²) < 4.78 is 5.58. The summed E-state index contributed by atoms with van der Waals surface area (Å²) in [4.78, 5) is 52.9. The van der Waals surface area contributed by atoms with Crippen molar-refractivity contribution in [1.29, 1.82) is 0 Å². The third-order valence-electron chi connectivity index (χ3n) is 8.54. The van der Waals surface area contributed by atoms with Crippen molar-refractivity contribution in [1.82, 2.24) is 15.8 Å². The number of aliphatic hydroxyl groups is 1. The predicted molar refractivity (Wildman–Crippen MR) is 188 cm³/mol. The van der Waals surface area contributed by atoms with Gasteiger partial charge in [-0.25, -0.2) is 4.79 Å². The number of nitrogens with one attached hydrogen (secondary N) is 2. The van der Waals surface area contributed by atoms with Crippen LogP contribution in [-0.2, 0) is 19.1 Å². The first-order valence-electron chi connectivity index (χ1n) is 16.8. The summed E-state index contributed by atoms with van der Waals surface area (Å²) in [5.74, 6) is -4.81. The van der Waals surface area contributed by atoms with Gasteiger partial charge in [0.15, 0.2) is 0 Å². The van der Waals surface area contributed by atoms with Crippen molar-refractivity contribution in [2.24, 2.45) is 23.7 Å². The number of hydrazine groups is 1. The first kappa shape index (κ1) is 36.9. The van der Waals surface area contributed by atoms with E-state index < -0.39 is 48.4 Å². The summed E-state index contributed by atoms with van der Waals surface area (Å²) in [6, 6.07) is 23.9. The van der Waals surface area contributed by atoms with E-state index in [9.17, 15) is 29.4 Å². The summed E-state index contributed by atoms with van der Waals surface area (Å²) in [6.45, 7) is 6.83. The molecule has 0 saturated carbocycles. The van der Waals surface area contributed by atoms with E-state index >= 15 is 0 Å². The molecule has 3 aromatic carbocycles. The number of amides is 3. The lowest BCUT2D eigenvalue weighted by Gasteiger charge is -2.32. The molecule has 1 unspecified atom stereocenters. The number of hydrogen-bond acceptors (Lipinski definition) is 6. The second-order valence-corrected chi connectivity index (χ2v) is 13.3. The smallest absolute Gasteiger partial charge is 0.407 e. The van der Waals surface area contributed by atoms with E-state index in [-0.39, 0.29) is 43.7 Å². The Hall–Kier alpha value is -4.96. The number of carbonyl (C=O) groups is 4. The fourth-order valence-corrected chi connectivity index (χ4v) is 6.24. The standard InChI is InChI=1S/C39H47N3O7/c1-25(2)21-33(32(38(46)47)20-12-15-27-13-6-5-7-14-27)36(44)41-42(22-26(3)4)37(45)35(23-43)40-39(48)49-24-34-30-18-10-8-16-28(30)29-17-9-11-19-31(29)34/h5-19,25-26,32-35,43H,20-24H2,1-4H3,(H,40,48)(H,41,44)(H,46,47)/b15-12+/t32?,33-,35-/m1/s1. The predicted octanol–water partition coefficient (Wildman–Crippen LogP) is 5.87. The molecular formula is C39H47N3O7. The number of fused-ring (bicyclic) bond motifs is 3. The van der Waals surface area contributed by atoms with Gasteiger partial charge in [0.2, 0.25) is 5.91 Å². The molecule has 49 heavy (non-hydrogen) atoms. The Morgan fingerprint density at radius 2 is 1.43 bits per heavy atom. The maximum Gasteiger partial charge on any atom is 0.407 e. The molecule has 0 bridgehead atoms. The number of aliphatic hydroxyl groups excluding tert-OH is 1. The van der Waals surface area contributed by atoms with Crippen LogP contribution in [-0.4, -0.2) is 64.9 Å². The number of ether oxygens (including phenoxy) is 1. The van der Waals surface area contributed by atoms with E-state index in [2.05, 4.69) is 10.7 Å². The largest absolute Gasteiger partial charge is 0.481 e. The molecule has 3 aromatic rings. The van der Waals surface area contributed by atoms with Crippen LogP contribution in [0.2, 0.25) is 0 Å². The second kappa shape index (κ2) is 17.4. The van der Waals surface area contributed by atoms with Gasteiger partial charge in [-0.3, -0.25) is 24.8 Å². The SMILES string of the molecule is CC(C)C[C@@H](C(=O)NN(CC(C)C)C(=O)[C@@H](CO)NC(=O)OCC1c2ccccc2-c2ccccc21)C(C/C=C/c1ccccc1)C(=O)O. The average molecular weight is 670 g/mol. The van der Waals surface area contributed by atoms with Crippen LogP contribution in [0.15, 0.2) is 84.9 Å². The molecule has 3 amide bonds. The van der Waals surface area contributed by atoms with Crippen LogP contribution >= 0.6 is 0 Å². The van der Waals surface area contributed by atoms with Crippen LogP contribution in [0.3, 0.4) is 0 Å². The maximum absolute atomic E-state index is 13.8. The molecule has 0 radical (unpaired) electrons. The minimum absolute atomic E-state index is 0.00891. The highest BCUT2D eigenvalue weighted by molar-refractivity contribution is 5.90. The Labute approximate surface area is 288 Å². The highest BCUT2D eigenvalue weighted by Crippen LogP contribution is 2.44. The number of alkyl carbamates (subject to hydrolysis) is 1. The van der Waals surface area contributed by atoms with Crippen molar-refractivity contribution in [3.63, 3.8) is 0 Å². The number of allylic oxidation sites excluding steroid dienone is 1. The van der Waals surface area contributed by atoms with Crippen molar-refractivity contribution in [2.75, 3.05) is 19.8 Å². The Bertz CT molecular complexity index is 1580. The lowest BCUT2D eigenvalue weighted by atomic mass is 9.82. The first-order chi connectivity index (χ1) is 23.5. The molecule has 0 heterocycles. The molecule has 0 fully saturated rings. The summed E-state index contributed by atoms with van der Waals surface area (Å²) >= 11 is 0. The number of hydrogen-bond donors (Lipinski definition) is 4. The fourth-order valence-electron chi connectivity index (χ4n) is 6.24. The molecule has 10 nitrogen and oxygen atoms in total. The van der Waals surface area contributed by atoms with E-state index in [4.69, 9.17) is 4.74 Å². The van der Waals surface area contributed by atoms with Crippen molar-refractivity contribution < 1.29 is 34.1 Å². The van der Waals surface area contributed by atoms with Gasteiger partial charge in [0, 0.05) is 12.5 Å². The van der Waals surface area contributed by atoms with E-state index in [1.165, 1.54) is 0 Å². The van der Waals surface area contributed by atoms with Gasteiger partial charge in [-0.15, -0.1) is 0 Å². The van der Waals surface area contributed by atoms with Crippen LogP contribution < -0.4 is 10.7 Å². The van der Waals surface area contributed by atoms with Crippen molar-refractivity contribution in [3.05, 3.63) is 102 Å².